The molecule has 0 aliphatic rings. The molecule has 0 bridgehead atoms. The molecule has 7 heteroatoms. The van der Waals surface area contributed by atoms with Crippen LogP contribution in [0.25, 0.3) is 0 Å². The highest BCUT2D eigenvalue weighted by Gasteiger charge is 2.55. The van der Waals surface area contributed by atoms with Gasteiger partial charge in [-0.1, -0.05) is 39.8 Å². The van der Waals surface area contributed by atoms with Gasteiger partial charge in [0.15, 0.2) is 18.1 Å². The van der Waals surface area contributed by atoms with Gasteiger partial charge in [-0.05, 0) is 32.1 Å². The number of allylic oxidation sites excluding steroid dienone is 2. The molecule has 0 aliphatic carbocycles. The summed E-state index contributed by atoms with van der Waals surface area (Å²) in [6, 6.07) is -3.20. The molecule has 162 valence electrons. The molecule has 0 rings (SSSR count). The molecule has 0 heterocycles. The van der Waals surface area contributed by atoms with Gasteiger partial charge in [0.25, 0.3) is 0 Å². The minimum Gasteiger partial charge on any atom is -0.477 e. The molecule has 28 heavy (non-hydrogen) atoms. The summed E-state index contributed by atoms with van der Waals surface area (Å²) in [5, 5.41) is 29.6. The number of hydrogen-bond acceptors (Lipinski definition) is 3. The van der Waals surface area contributed by atoms with Crippen molar-refractivity contribution in [3.05, 3.63) is 12.2 Å². The highest BCUT2D eigenvalue weighted by Crippen LogP contribution is 2.32. The van der Waals surface area contributed by atoms with Gasteiger partial charge in [-0.15, -0.1) is 0 Å². The second-order valence-electron chi connectivity index (χ2n) is 7.23. The molecular formula is C21H38NO6+. The van der Waals surface area contributed by atoms with Crippen LogP contribution < -0.4 is 0 Å². The average Bonchev–Trinajstić information content (AvgIpc) is 2.61. The Hall–Kier alpha value is -1.89. The summed E-state index contributed by atoms with van der Waals surface area (Å²) >= 11 is 0. The van der Waals surface area contributed by atoms with E-state index < -0.39 is 40.5 Å². The predicted octanol–water partition coefficient (Wildman–Crippen LogP) is 3.92. The molecule has 0 saturated carbocycles. The number of quaternary nitrogens is 1. The van der Waals surface area contributed by atoms with E-state index in [1.54, 1.807) is 20.8 Å². The van der Waals surface area contributed by atoms with Crippen molar-refractivity contribution in [2.75, 3.05) is 6.54 Å². The van der Waals surface area contributed by atoms with Crippen LogP contribution in [-0.4, -0.2) is 62.4 Å². The molecule has 0 aliphatic heterocycles. The van der Waals surface area contributed by atoms with E-state index in [9.17, 15) is 29.7 Å². The lowest BCUT2D eigenvalue weighted by molar-refractivity contribution is -0.973. The average molecular weight is 401 g/mol. The van der Waals surface area contributed by atoms with Gasteiger partial charge >= 0.3 is 17.9 Å². The zero-order valence-corrected chi connectivity index (χ0v) is 17.8. The maximum Gasteiger partial charge on any atom is 0.362 e. The molecule has 7 nitrogen and oxygen atoms in total. The summed E-state index contributed by atoms with van der Waals surface area (Å²) in [6.07, 6.45) is 8.94. The van der Waals surface area contributed by atoms with Crippen molar-refractivity contribution < 1.29 is 34.2 Å². The molecule has 0 aromatic carbocycles. The van der Waals surface area contributed by atoms with E-state index in [4.69, 9.17) is 0 Å². The van der Waals surface area contributed by atoms with Gasteiger partial charge < -0.3 is 15.3 Å². The molecule has 0 saturated heterocycles. The second-order valence-corrected chi connectivity index (χ2v) is 7.23. The summed E-state index contributed by atoms with van der Waals surface area (Å²) < 4.78 is -0.422. The minimum absolute atomic E-state index is 0.183. The van der Waals surface area contributed by atoms with Crippen LogP contribution in [0, 0.1) is 0 Å². The van der Waals surface area contributed by atoms with Crippen LogP contribution >= 0.6 is 0 Å². The Kier molecular flexibility index (Phi) is 12.4. The van der Waals surface area contributed by atoms with Crippen LogP contribution in [0.1, 0.15) is 79.1 Å². The number of rotatable bonds is 16. The second kappa shape index (κ2) is 13.3. The van der Waals surface area contributed by atoms with E-state index in [1.165, 1.54) is 0 Å². The number of carbonyl (C=O) groups is 3. The quantitative estimate of drug-likeness (QED) is 0.206. The zero-order valence-electron chi connectivity index (χ0n) is 17.8. The van der Waals surface area contributed by atoms with Crippen molar-refractivity contribution in [2.24, 2.45) is 0 Å². The number of nitrogens with zero attached hydrogens (tertiary/aromatic N) is 1. The maximum atomic E-state index is 12.1. The summed E-state index contributed by atoms with van der Waals surface area (Å²) in [7, 11) is 0. The number of carboxylic acids is 3. The highest BCUT2D eigenvalue weighted by atomic mass is 16.4. The fraction of sp³-hybridized carbons (Fsp3) is 0.762. The number of hydrogen-bond donors (Lipinski definition) is 3. The lowest BCUT2D eigenvalue weighted by Crippen LogP contribution is -2.72. The Morgan fingerprint density at radius 2 is 1.14 bits per heavy atom. The van der Waals surface area contributed by atoms with E-state index in [0.717, 1.165) is 25.7 Å². The van der Waals surface area contributed by atoms with E-state index >= 15 is 0 Å². The van der Waals surface area contributed by atoms with Crippen molar-refractivity contribution in [1.29, 1.82) is 0 Å². The van der Waals surface area contributed by atoms with Crippen LogP contribution in [0.15, 0.2) is 12.2 Å². The Labute approximate surface area is 168 Å². The zero-order chi connectivity index (χ0) is 21.7. The number of carboxylic acid groups (broad SMARTS) is 3. The Balaban J connectivity index is 5.96. The smallest absolute Gasteiger partial charge is 0.362 e. The van der Waals surface area contributed by atoms with Gasteiger partial charge in [0, 0.05) is 19.3 Å². The first-order chi connectivity index (χ1) is 13.2. The molecule has 0 aromatic heterocycles. The lowest BCUT2D eigenvalue weighted by Gasteiger charge is -2.49. The molecule has 3 unspecified atom stereocenters. The third kappa shape index (κ3) is 6.62. The topological polar surface area (TPSA) is 112 Å². The molecule has 0 radical (unpaired) electrons. The Morgan fingerprint density at radius 3 is 1.46 bits per heavy atom. The minimum atomic E-state index is -1.13. The van der Waals surface area contributed by atoms with E-state index in [0.29, 0.717) is 6.42 Å². The molecular weight excluding hydrogens is 362 g/mol. The first kappa shape index (κ1) is 26.1. The summed E-state index contributed by atoms with van der Waals surface area (Å²) in [5.74, 6) is -3.40. The van der Waals surface area contributed by atoms with Crippen LogP contribution in [-0.2, 0) is 14.4 Å². The molecule has 0 amide bonds. The highest BCUT2D eigenvalue weighted by molar-refractivity contribution is 5.78. The largest absolute Gasteiger partial charge is 0.477 e. The molecule has 3 atom stereocenters. The fourth-order valence-corrected chi connectivity index (χ4v) is 4.39. The van der Waals surface area contributed by atoms with Crippen molar-refractivity contribution in [3.63, 3.8) is 0 Å². The molecule has 0 aromatic rings. The van der Waals surface area contributed by atoms with Gasteiger partial charge in [0.2, 0.25) is 0 Å². The lowest BCUT2D eigenvalue weighted by atomic mass is 9.94. The van der Waals surface area contributed by atoms with Crippen molar-refractivity contribution in [3.8, 4) is 0 Å². The standard InChI is InChI=1S/C21H37NO6/c1-5-9-10-11-12-13-14-15-22(16(6-2)19(23)24,17(7-3)20(25)26)18(8-4)21(27)28/h9-10,16-18H,5-8,11-15H2,1-4H3,(H2-,23,24,25,26,27,28)/p+1/b10-9+. The third-order valence-electron chi connectivity index (χ3n) is 5.57. The van der Waals surface area contributed by atoms with Crippen LogP contribution in [0.2, 0.25) is 0 Å². The van der Waals surface area contributed by atoms with E-state index in [1.807, 2.05) is 0 Å². The van der Waals surface area contributed by atoms with Crippen molar-refractivity contribution in [1.82, 2.24) is 0 Å². The van der Waals surface area contributed by atoms with Crippen LogP contribution in [0.5, 0.6) is 0 Å². The monoisotopic (exact) mass is 400 g/mol. The Morgan fingerprint density at radius 1 is 0.714 bits per heavy atom. The molecule has 0 spiro atoms. The van der Waals surface area contributed by atoms with E-state index in [2.05, 4.69) is 19.1 Å². The molecule has 3 N–H and O–H groups in total. The fourth-order valence-electron chi connectivity index (χ4n) is 4.39. The van der Waals surface area contributed by atoms with Crippen molar-refractivity contribution >= 4 is 17.9 Å². The van der Waals surface area contributed by atoms with Gasteiger partial charge in [0.05, 0.1) is 6.54 Å². The molecule has 0 fully saturated rings. The predicted molar refractivity (Wildman–Crippen MR) is 108 cm³/mol. The van der Waals surface area contributed by atoms with Crippen LogP contribution in [0.3, 0.4) is 0 Å². The maximum absolute atomic E-state index is 12.1. The Bertz CT molecular complexity index is 476. The van der Waals surface area contributed by atoms with Crippen molar-refractivity contribution in [2.45, 2.75) is 97.2 Å². The SMILES string of the molecule is CC/C=C/CCCCC[N+](C(CC)C(=O)O)(C(CC)C(=O)O)C(CC)C(=O)O. The number of aliphatic carboxylic acids is 3. The van der Waals surface area contributed by atoms with Gasteiger partial charge in [-0.3, -0.25) is 4.48 Å². The summed E-state index contributed by atoms with van der Waals surface area (Å²) in [5.41, 5.74) is 0. The normalized spacial score (nSPS) is 17.0. The number of unbranched alkanes of at least 4 members (excludes halogenated alkanes) is 3. The first-order valence-corrected chi connectivity index (χ1v) is 10.4. The van der Waals surface area contributed by atoms with E-state index in [-0.39, 0.29) is 25.8 Å². The third-order valence-corrected chi connectivity index (χ3v) is 5.57. The van der Waals surface area contributed by atoms with Gasteiger partial charge in [-0.2, -0.15) is 0 Å². The first-order valence-electron chi connectivity index (χ1n) is 10.4. The van der Waals surface area contributed by atoms with Gasteiger partial charge in [-0.25, -0.2) is 14.4 Å². The van der Waals surface area contributed by atoms with Crippen LogP contribution in [0.4, 0.5) is 0 Å². The van der Waals surface area contributed by atoms with Gasteiger partial charge in [0.1, 0.15) is 0 Å². The summed E-state index contributed by atoms with van der Waals surface area (Å²) in [6.45, 7) is 7.35. The summed E-state index contributed by atoms with van der Waals surface area (Å²) in [4.78, 5) is 36.2.